The van der Waals surface area contributed by atoms with Crippen LogP contribution in [-0.4, -0.2) is 27.7 Å². The highest BCUT2D eigenvalue weighted by Gasteiger charge is 2.24. The third-order valence-corrected chi connectivity index (χ3v) is 4.26. The van der Waals surface area contributed by atoms with Crippen LogP contribution in [0.1, 0.15) is 24.3 Å². The first-order valence-electron chi connectivity index (χ1n) is 8.22. The second kappa shape index (κ2) is 6.84. The Hall–Kier alpha value is -2.66. The molecule has 5 heteroatoms. The van der Waals surface area contributed by atoms with Crippen LogP contribution in [-0.2, 0) is 6.54 Å². The highest BCUT2D eigenvalue weighted by molar-refractivity contribution is 5.49. The lowest BCUT2D eigenvalue weighted by molar-refractivity contribution is 0.252. The first-order valence-corrected chi connectivity index (χ1v) is 8.22. The van der Waals surface area contributed by atoms with Crippen LogP contribution in [0.3, 0.4) is 0 Å². The van der Waals surface area contributed by atoms with Crippen molar-refractivity contribution in [3.8, 4) is 11.7 Å². The number of aromatic nitrogens is 2. The summed E-state index contributed by atoms with van der Waals surface area (Å²) in [5, 5.41) is 8.21. The van der Waals surface area contributed by atoms with E-state index in [2.05, 4.69) is 51.5 Å². The van der Waals surface area contributed by atoms with Crippen molar-refractivity contribution in [1.82, 2.24) is 15.1 Å². The molecule has 4 rings (SSSR count). The normalized spacial score (nSPS) is 18.6. The minimum Gasteiger partial charge on any atom is -0.459 e. The molecule has 0 N–H and O–H groups in total. The van der Waals surface area contributed by atoms with Crippen molar-refractivity contribution in [3.05, 3.63) is 66.3 Å². The SMILES string of the molecule is C(=C\[C@@H]1CCCN1Cc1nnc(-c2ccco2)o1)/c1ccccc1. The van der Waals surface area contributed by atoms with Crippen LogP contribution >= 0.6 is 0 Å². The Bertz CT molecular complexity index is 793. The second-order valence-electron chi connectivity index (χ2n) is 5.93. The van der Waals surface area contributed by atoms with Gasteiger partial charge in [-0.1, -0.05) is 42.5 Å². The van der Waals surface area contributed by atoms with Crippen molar-refractivity contribution in [1.29, 1.82) is 0 Å². The van der Waals surface area contributed by atoms with Gasteiger partial charge in [-0.2, -0.15) is 0 Å². The topological polar surface area (TPSA) is 55.3 Å². The molecule has 1 aliphatic rings. The van der Waals surface area contributed by atoms with Crippen molar-refractivity contribution in [3.63, 3.8) is 0 Å². The predicted molar refractivity (Wildman–Crippen MR) is 90.9 cm³/mol. The fraction of sp³-hybridized carbons (Fsp3) is 0.263. The molecule has 1 aliphatic heterocycles. The average molecular weight is 321 g/mol. The zero-order chi connectivity index (χ0) is 16.2. The van der Waals surface area contributed by atoms with Gasteiger partial charge < -0.3 is 8.83 Å². The van der Waals surface area contributed by atoms with Crippen LogP contribution in [0, 0.1) is 0 Å². The summed E-state index contributed by atoms with van der Waals surface area (Å²) < 4.78 is 11.0. The molecule has 0 unspecified atom stereocenters. The molecular weight excluding hydrogens is 302 g/mol. The van der Waals surface area contributed by atoms with Gasteiger partial charge in [0.15, 0.2) is 5.76 Å². The number of benzene rings is 1. The molecule has 0 spiro atoms. The molecule has 5 nitrogen and oxygen atoms in total. The van der Waals surface area contributed by atoms with Gasteiger partial charge in [-0.3, -0.25) is 4.90 Å². The Kier molecular flexibility index (Phi) is 4.25. The predicted octanol–water partition coefficient (Wildman–Crippen LogP) is 4.01. The molecule has 3 heterocycles. The number of rotatable bonds is 5. The van der Waals surface area contributed by atoms with Crippen molar-refractivity contribution in [2.75, 3.05) is 6.54 Å². The summed E-state index contributed by atoms with van der Waals surface area (Å²) in [5.41, 5.74) is 1.22. The van der Waals surface area contributed by atoms with Gasteiger partial charge in [0.25, 0.3) is 5.89 Å². The minimum absolute atomic E-state index is 0.407. The Morgan fingerprint density at radius 1 is 1.12 bits per heavy atom. The van der Waals surface area contributed by atoms with E-state index in [4.69, 9.17) is 8.83 Å². The summed E-state index contributed by atoms with van der Waals surface area (Å²) in [7, 11) is 0. The molecule has 122 valence electrons. The first kappa shape index (κ1) is 14.9. The summed E-state index contributed by atoms with van der Waals surface area (Å²) in [5.74, 6) is 1.67. The summed E-state index contributed by atoms with van der Waals surface area (Å²) in [6.07, 6.45) is 8.40. The number of hydrogen-bond donors (Lipinski definition) is 0. The Morgan fingerprint density at radius 2 is 2.04 bits per heavy atom. The molecule has 0 amide bonds. The van der Waals surface area contributed by atoms with Crippen LogP contribution in [0.25, 0.3) is 17.7 Å². The van der Waals surface area contributed by atoms with Crippen molar-refractivity contribution in [2.24, 2.45) is 0 Å². The molecule has 1 atom stereocenters. The molecule has 3 aromatic rings. The van der Waals surface area contributed by atoms with E-state index in [-0.39, 0.29) is 0 Å². The van der Waals surface area contributed by atoms with Crippen LogP contribution in [0.15, 0.2) is 63.6 Å². The molecule has 1 saturated heterocycles. The van der Waals surface area contributed by atoms with Crippen LogP contribution in [0.2, 0.25) is 0 Å². The molecule has 0 aliphatic carbocycles. The molecule has 1 fully saturated rings. The van der Waals surface area contributed by atoms with Crippen LogP contribution in [0.4, 0.5) is 0 Å². The van der Waals surface area contributed by atoms with E-state index in [1.54, 1.807) is 6.26 Å². The quantitative estimate of drug-likeness (QED) is 0.711. The van der Waals surface area contributed by atoms with Crippen molar-refractivity contribution < 1.29 is 8.83 Å². The van der Waals surface area contributed by atoms with Gasteiger partial charge in [0.2, 0.25) is 5.89 Å². The fourth-order valence-corrected chi connectivity index (χ4v) is 3.04. The highest BCUT2D eigenvalue weighted by Crippen LogP contribution is 2.23. The van der Waals surface area contributed by atoms with Gasteiger partial charge in [0, 0.05) is 6.04 Å². The maximum Gasteiger partial charge on any atom is 0.283 e. The first-order chi connectivity index (χ1) is 11.9. The van der Waals surface area contributed by atoms with Crippen LogP contribution in [0.5, 0.6) is 0 Å². The fourth-order valence-electron chi connectivity index (χ4n) is 3.04. The Labute approximate surface area is 140 Å². The van der Waals surface area contributed by atoms with Gasteiger partial charge >= 0.3 is 0 Å². The van der Waals surface area contributed by atoms with Gasteiger partial charge in [0.05, 0.1) is 12.8 Å². The van der Waals surface area contributed by atoms with E-state index in [0.29, 0.717) is 30.1 Å². The monoisotopic (exact) mass is 321 g/mol. The molecular formula is C19H19N3O2. The van der Waals surface area contributed by atoms with Crippen LogP contribution < -0.4 is 0 Å². The number of furan rings is 1. The van der Waals surface area contributed by atoms with E-state index in [9.17, 15) is 0 Å². The van der Waals surface area contributed by atoms with E-state index in [0.717, 1.165) is 13.0 Å². The third kappa shape index (κ3) is 3.31. The number of hydrogen-bond acceptors (Lipinski definition) is 5. The molecule has 0 radical (unpaired) electrons. The summed E-state index contributed by atoms with van der Waals surface area (Å²) >= 11 is 0. The molecule has 24 heavy (non-hydrogen) atoms. The summed E-state index contributed by atoms with van der Waals surface area (Å²) in [4.78, 5) is 2.37. The maximum atomic E-state index is 5.72. The molecule has 0 bridgehead atoms. The van der Waals surface area contributed by atoms with E-state index >= 15 is 0 Å². The zero-order valence-electron chi connectivity index (χ0n) is 13.3. The Morgan fingerprint density at radius 3 is 2.88 bits per heavy atom. The van der Waals surface area contributed by atoms with Crippen molar-refractivity contribution >= 4 is 6.08 Å². The second-order valence-corrected chi connectivity index (χ2v) is 5.93. The Balaban J connectivity index is 1.43. The number of likely N-dealkylation sites (tertiary alicyclic amines) is 1. The highest BCUT2D eigenvalue weighted by atomic mass is 16.4. The van der Waals surface area contributed by atoms with Gasteiger partial charge in [-0.15, -0.1) is 10.2 Å². The number of nitrogens with zero attached hydrogens (tertiary/aromatic N) is 3. The lowest BCUT2D eigenvalue weighted by Crippen LogP contribution is -2.27. The zero-order valence-corrected chi connectivity index (χ0v) is 13.3. The molecule has 2 aromatic heterocycles. The lowest BCUT2D eigenvalue weighted by Gasteiger charge is -2.19. The molecule has 1 aromatic carbocycles. The van der Waals surface area contributed by atoms with Gasteiger partial charge in [-0.05, 0) is 37.1 Å². The maximum absolute atomic E-state index is 5.72. The van der Waals surface area contributed by atoms with E-state index in [1.807, 2.05) is 18.2 Å². The minimum atomic E-state index is 0.407. The van der Waals surface area contributed by atoms with E-state index < -0.39 is 0 Å². The summed E-state index contributed by atoms with van der Waals surface area (Å²) in [6, 6.07) is 14.4. The van der Waals surface area contributed by atoms with Crippen molar-refractivity contribution in [2.45, 2.75) is 25.4 Å². The molecule has 0 saturated carbocycles. The standard InChI is InChI=1S/C19H19N3O2/c1-2-6-15(7-3-1)10-11-16-8-4-12-22(16)14-18-20-21-19(24-18)17-9-5-13-23-17/h1-3,5-7,9-11,13,16H,4,8,12,14H2/b11-10+/t16-/m0/s1. The summed E-state index contributed by atoms with van der Waals surface area (Å²) in [6.45, 7) is 1.71. The largest absolute Gasteiger partial charge is 0.459 e. The van der Waals surface area contributed by atoms with E-state index in [1.165, 1.54) is 12.0 Å². The average Bonchev–Trinajstić information content (AvgIpc) is 3.36. The lowest BCUT2D eigenvalue weighted by atomic mass is 10.1. The smallest absolute Gasteiger partial charge is 0.283 e. The third-order valence-electron chi connectivity index (χ3n) is 4.26. The van der Waals surface area contributed by atoms with Gasteiger partial charge in [0.1, 0.15) is 0 Å². The van der Waals surface area contributed by atoms with Gasteiger partial charge in [-0.25, -0.2) is 0 Å².